The SMILES string of the molecule is COCCNCCNC(=O)c1ccc(CN(C)C(=O)C(C)C)cc1.Cl. The van der Waals surface area contributed by atoms with Crippen LogP contribution in [0, 0.1) is 5.92 Å². The summed E-state index contributed by atoms with van der Waals surface area (Å²) in [5.41, 5.74) is 1.62. The van der Waals surface area contributed by atoms with Crippen molar-refractivity contribution >= 4 is 24.2 Å². The van der Waals surface area contributed by atoms with E-state index in [-0.39, 0.29) is 30.1 Å². The van der Waals surface area contributed by atoms with Crippen LogP contribution in [0.3, 0.4) is 0 Å². The maximum absolute atomic E-state index is 12.0. The second kappa shape index (κ2) is 12.7. The molecule has 0 bridgehead atoms. The summed E-state index contributed by atoms with van der Waals surface area (Å²) < 4.78 is 4.93. The Morgan fingerprint density at radius 2 is 1.76 bits per heavy atom. The van der Waals surface area contributed by atoms with Crippen molar-refractivity contribution in [1.29, 1.82) is 0 Å². The lowest BCUT2D eigenvalue weighted by Crippen LogP contribution is -2.33. The van der Waals surface area contributed by atoms with Crippen molar-refractivity contribution in [2.45, 2.75) is 20.4 Å². The second-order valence-electron chi connectivity index (χ2n) is 6.04. The molecule has 7 heteroatoms. The minimum Gasteiger partial charge on any atom is -0.383 e. The third-order valence-corrected chi connectivity index (χ3v) is 3.58. The van der Waals surface area contributed by atoms with E-state index >= 15 is 0 Å². The van der Waals surface area contributed by atoms with Gasteiger partial charge in [-0.15, -0.1) is 12.4 Å². The van der Waals surface area contributed by atoms with Gasteiger partial charge in [0.15, 0.2) is 0 Å². The molecule has 0 radical (unpaired) electrons. The Labute approximate surface area is 156 Å². The number of amides is 2. The van der Waals surface area contributed by atoms with Crippen molar-refractivity contribution in [3.8, 4) is 0 Å². The number of rotatable bonds is 10. The molecule has 0 atom stereocenters. The first-order valence-corrected chi connectivity index (χ1v) is 8.27. The van der Waals surface area contributed by atoms with E-state index in [0.717, 1.165) is 12.1 Å². The zero-order valence-corrected chi connectivity index (χ0v) is 16.3. The van der Waals surface area contributed by atoms with E-state index in [0.29, 0.717) is 31.8 Å². The topological polar surface area (TPSA) is 70.7 Å². The molecule has 142 valence electrons. The Morgan fingerprint density at radius 1 is 1.12 bits per heavy atom. The number of carbonyl (C=O) groups excluding carboxylic acids is 2. The summed E-state index contributed by atoms with van der Waals surface area (Å²) in [6.07, 6.45) is 0. The van der Waals surface area contributed by atoms with E-state index in [4.69, 9.17) is 4.74 Å². The van der Waals surface area contributed by atoms with E-state index in [9.17, 15) is 9.59 Å². The number of nitrogens with one attached hydrogen (secondary N) is 2. The maximum Gasteiger partial charge on any atom is 0.251 e. The second-order valence-corrected chi connectivity index (χ2v) is 6.04. The van der Waals surface area contributed by atoms with Crippen molar-refractivity contribution in [3.63, 3.8) is 0 Å². The van der Waals surface area contributed by atoms with Crippen LogP contribution in [0.25, 0.3) is 0 Å². The van der Waals surface area contributed by atoms with Gasteiger partial charge in [0.1, 0.15) is 0 Å². The molecule has 1 rings (SSSR count). The lowest BCUT2D eigenvalue weighted by molar-refractivity contribution is -0.133. The highest BCUT2D eigenvalue weighted by Gasteiger charge is 2.13. The summed E-state index contributed by atoms with van der Waals surface area (Å²) in [6.45, 7) is 7.01. The smallest absolute Gasteiger partial charge is 0.251 e. The first kappa shape index (κ1) is 23.4. The number of carbonyl (C=O) groups is 2. The number of halogens is 1. The van der Waals surface area contributed by atoms with Crippen LogP contribution in [0.5, 0.6) is 0 Å². The predicted molar refractivity (Wildman–Crippen MR) is 102 cm³/mol. The Bertz CT molecular complexity index is 521. The van der Waals surface area contributed by atoms with Crippen molar-refractivity contribution in [3.05, 3.63) is 35.4 Å². The van der Waals surface area contributed by atoms with Crippen LogP contribution >= 0.6 is 12.4 Å². The lowest BCUT2D eigenvalue weighted by atomic mass is 10.1. The van der Waals surface area contributed by atoms with Gasteiger partial charge in [0.05, 0.1) is 6.61 Å². The molecule has 0 saturated carbocycles. The Hall–Kier alpha value is -1.63. The quantitative estimate of drug-likeness (QED) is 0.614. The summed E-state index contributed by atoms with van der Waals surface area (Å²) in [6, 6.07) is 7.35. The molecule has 0 aliphatic rings. The third-order valence-electron chi connectivity index (χ3n) is 3.58. The largest absolute Gasteiger partial charge is 0.383 e. The molecule has 2 N–H and O–H groups in total. The summed E-state index contributed by atoms with van der Waals surface area (Å²) >= 11 is 0. The molecule has 1 aromatic rings. The Kier molecular flexibility index (Phi) is 11.9. The monoisotopic (exact) mass is 371 g/mol. The van der Waals surface area contributed by atoms with Gasteiger partial charge in [-0.3, -0.25) is 9.59 Å². The molecule has 0 aromatic heterocycles. The van der Waals surface area contributed by atoms with E-state index in [1.54, 1.807) is 31.2 Å². The maximum atomic E-state index is 12.0. The number of methoxy groups -OCH3 is 1. The lowest BCUT2D eigenvalue weighted by Gasteiger charge is -2.19. The molecular weight excluding hydrogens is 342 g/mol. The molecule has 1 aromatic carbocycles. The fourth-order valence-electron chi connectivity index (χ4n) is 2.22. The van der Waals surface area contributed by atoms with E-state index in [2.05, 4.69) is 10.6 Å². The first-order chi connectivity index (χ1) is 11.5. The van der Waals surface area contributed by atoms with Gasteiger partial charge >= 0.3 is 0 Å². The average molecular weight is 372 g/mol. The molecule has 0 fully saturated rings. The van der Waals surface area contributed by atoms with Gasteiger partial charge < -0.3 is 20.3 Å². The number of ether oxygens (including phenoxy) is 1. The fourth-order valence-corrected chi connectivity index (χ4v) is 2.22. The standard InChI is InChI=1S/C18H29N3O3.ClH/c1-14(2)18(23)21(3)13-15-5-7-16(8-6-15)17(22)20-10-9-19-11-12-24-4;/h5-8,14,19H,9-13H2,1-4H3,(H,20,22);1H. The van der Waals surface area contributed by atoms with Crippen LogP contribution in [0.4, 0.5) is 0 Å². The summed E-state index contributed by atoms with van der Waals surface area (Å²) in [7, 11) is 3.45. The number of hydrogen-bond acceptors (Lipinski definition) is 4. The zero-order valence-electron chi connectivity index (χ0n) is 15.5. The molecule has 0 saturated heterocycles. The van der Waals surface area contributed by atoms with E-state index < -0.39 is 0 Å². The van der Waals surface area contributed by atoms with Gasteiger partial charge in [0, 0.05) is 51.8 Å². The van der Waals surface area contributed by atoms with Crippen molar-refractivity contribution in [1.82, 2.24) is 15.5 Å². The fraction of sp³-hybridized carbons (Fsp3) is 0.556. The third kappa shape index (κ3) is 8.86. The van der Waals surface area contributed by atoms with Gasteiger partial charge in [-0.25, -0.2) is 0 Å². The molecule has 0 heterocycles. The van der Waals surface area contributed by atoms with Crippen LogP contribution < -0.4 is 10.6 Å². The summed E-state index contributed by atoms with van der Waals surface area (Å²) in [5, 5.41) is 6.03. The van der Waals surface area contributed by atoms with E-state index in [1.807, 2.05) is 26.0 Å². The molecule has 2 amide bonds. The van der Waals surface area contributed by atoms with Gasteiger partial charge in [-0.1, -0.05) is 26.0 Å². The Morgan fingerprint density at radius 3 is 2.32 bits per heavy atom. The van der Waals surface area contributed by atoms with Crippen LogP contribution in [0.15, 0.2) is 24.3 Å². The van der Waals surface area contributed by atoms with Crippen LogP contribution in [-0.2, 0) is 16.1 Å². The molecule has 6 nitrogen and oxygen atoms in total. The summed E-state index contributed by atoms with van der Waals surface area (Å²) in [4.78, 5) is 25.6. The zero-order chi connectivity index (χ0) is 17.9. The highest BCUT2D eigenvalue weighted by Crippen LogP contribution is 2.09. The molecule has 0 aliphatic carbocycles. The predicted octanol–water partition coefficient (Wildman–Crippen LogP) is 1.69. The Balaban J connectivity index is 0.00000576. The highest BCUT2D eigenvalue weighted by molar-refractivity contribution is 5.94. The first-order valence-electron chi connectivity index (χ1n) is 8.27. The molecule has 25 heavy (non-hydrogen) atoms. The van der Waals surface area contributed by atoms with Crippen molar-refractivity contribution in [2.75, 3.05) is 40.4 Å². The normalized spacial score (nSPS) is 10.3. The van der Waals surface area contributed by atoms with Crippen LogP contribution in [0.2, 0.25) is 0 Å². The minimum absolute atomic E-state index is 0. The van der Waals surface area contributed by atoms with Crippen LogP contribution in [0.1, 0.15) is 29.8 Å². The number of benzene rings is 1. The van der Waals surface area contributed by atoms with Gasteiger partial charge in [0.25, 0.3) is 5.91 Å². The summed E-state index contributed by atoms with van der Waals surface area (Å²) in [5.74, 6) is -0.00274. The number of nitrogens with zero attached hydrogens (tertiary/aromatic N) is 1. The van der Waals surface area contributed by atoms with Crippen molar-refractivity contribution < 1.29 is 14.3 Å². The van der Waals surface area contributed by atoms with E-state index in [1.165, 1.54) is 0 Å². The molecule has 0 aliphatic heterocycles. The average Bonchev–Trinajstić information content (AvgIpc) is 2.57. The molecular formula is C18H30ClN3O3. The van der Waals surface area contributed by atoms with Gasteiger partial charge in [-0.2, -0.15) is 0 Å². The van der Waals surface area contributed by atoms with Gasteiger partial charge in [-0.05, 0) is 17.7 Å². The van der Waals surface area contributed by atoms with Crippen LogP contribution in [-0.4, -0.2) is 57.1 Å². The van der Waals surface area contributed by atoms with Crippen molar-refractivity contribution in [2.24, 2.45) is 5.92 Å². The molecule has 0 spiro atoms. The number of hydrogen-bond donors (Lipinski definition) is 2. The van der Waals surface area contributed by atoms with Gasteiger partial charge in [0.2, 0.25) is 5.91 Å². The molecule has 0 unspecified atom stereocenters. The minimum atomic E-state index is -0.0956. The highest BCUT2D eigenvalue weighted by atomic mass is 35.5.